The van der Waals surface area contributed by atoms with E-state index in [1.54, 1.807) is 0 Å². The van der Waals surface area contributed by atoms with E-state index in [-0.39, 0.29) is 11.6 Å². The zero-order valence-electron chi connectivity index (χ0n) is 6.43. The minimum absolute atomic E-state index is 0.00752. The van der Waals surface area contributed by atoms with E-state index in [1.807, 2.05) is 0 Å². The van der Waals surface area contributed by atoms with Crippen molar-refractivity contribution in [3.8, 4) is 0 Å². The van der Waals surface area contributed by atoms with Crippen molar-refractivity contribution in [1.82, 2.24) is 0 Å². The van der Waals surface area contributed by atoms with Gasteiger partial charge >= 0.3 is 0 Å². The van der Waals surface area contributed by atoms with Crippen molar-refractivity contribution in [2.24, 2.45) is 11.1 Å². The highest BCUT2D eigenvalue weighted by Crippen LogP contribution is 2.59. The van der Waals surface area contributed by atoms with E-state index in [4.69, 9.17) is 10.8 Å². The van der Waals surface area contributed by atoms with Gasteiger partial charge in [-0.05, 0) is 31.1 Å². The highest BCUT2D eigenvalue weighted by Gasteiger charge is 2.59. The van der Waals surface area contributed by atoms with Gasteiger partial charge in [-0.2, -0.15) is 0 Å². The second-order valence-electron chi connectivity index (χ2n) is 4.28. The molecule has 2 fully saturated rings. The summed E-state index contributed by atoms with van der Waals surface area (Å²) >= 11 is 0. The van der Waals surface area contributed by atoms with Gasteiger partial charge in [0.25, 0.3) is 0 Å². The lowest BCUT2D eigenvalue weighted by Gasteiger charge is -2.47. The highest BCUT2D eigenvalue weighted by molar-refractivity contribution is 5.15. The van der Waals surface area contributed by atoms with Gasteiger partial charge in [0.15, 0.2) is 0 Å². The lowest BCUT2D eigenvalue weighted by molar-refractivity contribution is -0.0123. The molecule has 0 unspecified atom stereocenters. The normalized spacial score (nSPS) is 50.1. The van der Waals surface area contributed by atoms with Crippen LogP contribution in [0, 0.1) is 5.41 Å². The van der Waals surface area contributed by atoms with Crippen LogP contribution in [0.25, 0.3) is 0 Å². The van der Waals surface area contributed by atoms with Crippen molar-refractivity contribution >= 4 is 0 Å². The van der Waals surface area contributed by atoms with Crippen LogP contribution in [0.2, 0.25) is 0 Å². The summed E-state index contributed by atoms with van der Waals surface area (Å²) in [5.74, 6) is 0. The summed E-state index contributed by atoms with van der Waals surface area (Å²) in [6, 6.07) is 0. The van der Waals surface area contributed by atoms with Crippen LogP contribution < -0.4 is 5.73 Å². The molecule has 2 saturated carbocycles. The zero-order valence-corrected chi connectivity index (χ0v) is 6.43. The van der Waals surface area contributed by atoms with E-state index in [1.165, 1.54) is 12.8 Å². The molecule has 2 heteroatoms. The van der Waals surface area contributed by atoms with Crippen molar-refractivity contribution in [1.29, 1.82) is 0 Å². The van der Waals surface area contributed by atoms with Gasteiger partial charge in [-0.15, -0.1) is 0 Å². The zero-order chi connectivity index (χ0) is 7.41. The summed E-state index contributed by atoms with van der Waals surface area (Å²) in [6.07, 6.45) is 4.06. The Kier molecular flexibility index (Phi) is 1.03. The smallest absolute Gasteiger partial charge is 0.0575 e. The van der Waals surface area contributed by atoms with Gasteiger partial charge < -0.3 is 10.8 Å². The monoisotopic (exact) mass is 141 g/mol. The van der Waals surface area contributed by atoms with E-state index in [9.17, 15) is 0 Å². The highest BCUT2D eigenvalue weighted by atomic mass is 16.3. The summed E-state index contributed by atoms with van der Waals surface area (Å²) in [6.45, 7) is 2.24. The van der Waals surface area contributed by atoms with Crippen LogP contribution in [0.4, 0.5) is 0 Å². The minimum Gasteiger partial charge on any atom is -0.393 e. The van der Waals surface area contributed by atoms with Gasteiger partial charge in [-0.3, -0.25) is 0 Å². The first-order chi connectivity index (χ1) is 4.56. The third kappa shape index (κ3) is 0.663. The number of nitrogens with two attached hydrogens (primary N) is 1. The largest absolute Gasteiger partial charge is 0.393 e. The van der Waals surface area contributed by atoms with E-state index >= 15 is 0 Å². The summed E-state index contributed by atoms with van der Waals surface area (Å²) in [4.78, 5) is 0. The summed E-state index contributed by atoms with van der Waals surface area (Å²) in [7, 11) is 0. The first-order valence-electron chi connectivity index (χ1n) is 4.03. The van der Waals surface area contributed by atoms with Crippen LogP contribution in [0.3, 0.4) is 0 Å². The maximum Gasteiger partial charge on any atom is 0.0575 e. The molecule has 0 spiro atoms. The lowest BCUT2D eigenvalue weighted by Crippen LogP contribution is -2.59. The Morgan fingerprint density at radius 2 is 1.90 bits per heavy atom. The molecule has 10 heavy (non-hydrogen) atoms. The fraction of sp³-hybridized carbons (Fsp3) is 1.00. The predicted octanol–water partition coefficient (Wildman–Crippen LogP) is 0.639. The van der Waals surface area contributed by atoms with Gasteiger partial charge in [-0.25, -0.2) is 0 Å². The SMILES string of the molecule is CC1(C2(N)CC(O)C2)CC1. The van der Waals surface area contributed by atoms with E-state index in [0.717, 1.165) is 12.8 Å². The molecule has 2 rings (SSSR count). The first-order valence-corrected chi connectivity index (χ1v) is 4.03. The Morgan fingerprint density at radius 1 is 1.40 bits per heavy atom. The van der Waals surface area contributed by atoms with Crippen LogP contribution in [-0.4, -0.2) is 16.7 Å². The first kappa shape index (κ1) is 6.62. The summed E-state index contributed by atoms with van der Waals surface area (Å²) < 4.78 is 0. The summed E-state index contributed by atoms with van der Waals surface area (Å²) in [5.41, 5.74) is 6.45. The fourth-order valence-corrected chi connectivity index (χ4v) is 1.96. The maximum atomic E-state index is 9.09. The molecule has 0 bridgehead atoms. The molecule has 0 aromatic heterocycles. The van der Waals surface area contributed by atoms with Crippen molar-refractivity contribution in [2.75, 3.05) is 0 Å². The minimum atomic E-state index is -0.109. The second-order valence-corrected chi connectivity index (χ2v) is 4.28. The predicted molar refractivity (Wildman–Crippen MR) is 39.5 cm³/mol. The molecular weight excluding hydrogens is 126 g/mol. The van der Waals surface area contributed by atoms with E-state index in [0.29, 0.717) is 5.41 Å². The molecule has 3 N–H and O–H groups in total. The van der Waals surface area contributed by atoms with Crippen LogP contribution in [0.1, 0.15) is 32.6 Å². The Balaban J connectivity index is 2.04. The topological polar surface area (TPSA) is 46.2 Å². The number of aliphatic hydroxyl groups is 1. The molecule has 0 radical (unpaired) electrons. The van der Waals surface area contributed by atoms with E-state index in [2.05, 4.69) is 6.92 Å². The number of hydrogen-bond acceptors (Lipinski definition) is 2. The van der Waals surface area contributed by atoms with Crippen molar-refractivity contribution in [3.63, 3.8) is 0 Å². The van der Waals surface area contributed by atoms with Crippen LogP contribution in [0.5, 0.6) is 0 Å². The van der Waals surface area contributed by atoms with Gasteiger partial charge in [-0.1, -0.05) is 6.92 Å². The second kappa shape index (κ2) is 1.56. The number of aliphatic hydroxyl groups excluding tert-OH is 1. The molecule has 0 saturated heterocycles. The van der Waals surface area contributed by atoms with Crippen molar-refractivity contribution in [3.05, 3.63) is 0 Å². The Bertz CT molecular complexity index is 157. The fourth-order valence-electron chi connectivity index (χ4n) is 1.96. The number of rotatable bonds is 1. The molecule has 2 aliphatic carbocycles. The molecular formula is C8H15NO. The molecule has 0 aromatic rings. The quantitative estimate of drug-likeness (QED) is 0.563. The Labute approximate surface area is 61.4 Å². The average Bonchev–Trinajstić information content (AvgIpc) is 2.45. The van der Waals surface area contributed by atoms with Crippen molar-refractivity contribution < 1.29 is 5.11 Å². The van der Waals surface area contributed by atoms with E-state index < -0.39 is 0 Å². The van der Waals surface area contributed by atoms with Gasteiger partial charge in [0.1, 0.15) is 0 Å². The maximum absolute atomic E-state index is 9.09. The molecule has 2 nitrogen and oxygen atoms in total. The Morgan fingerprint density at radius 3 is 2.20 bits per heavy atom. The molecule has 0 aliphatic heterocycles. The molecule has 0 aromatic carbocycles. The third-order valence-electron chi connectivity index (χ3n) is 3.40. The molecule has 0 heterocycles. The molecule has 2 aliphatic rings. The summed E-state index contributed by atoms with van der Waals surface area (Å²) in [5, 5.41) is 9.09. The molecule has 0 amide bonds. The van der Waals surface area contributed by atoms with Crippen LogP contribution >= 0.6 is 0 Å². The van der Waals surface area contributed by atoms with Gasteiger partial charge in [0.2, 0.25) is 0 Å². The molecule has 0 atom stereocenters. The lowest BCUT2D eigenvalue weighted by atomic mass is 9.65. The van der Waals surface area contributed by atoms with Gasteiger partial charge in [0, 0.05) is 5.54 Å². The third-order valence-corrected chi connectivity index (χ3v) is 3.40. The number of hydrogen-bond donors (Lipinski definition) is 2. The van der Waals surface area contributed by atoms with Crippen molar-refractivity contribution in [2.45, 2.75) is 44.2 Å². The Hall–Kier alpha value is -0.0800. The van der Waals surface area contributed by atoms with Crippen LogP contribution in [-0.2, 0) is 0 Å². The average molecular weight is 141 g/mol. The molecule has 58 valence electrons. The van der Waals surface area contributed by atoms with Crippen LogP contribution in [0.15, 0.2) is 0 Å². The van der Waals surface area contributed by atoms with Gasteiger partial charge in [0.05, 0.1) is 6.10 Å². The standard InChI is InChI=1S/C8H15NO/c1-7(2-3-7)8(9)4-6(10)5-8/h6,10H,2-5,9H2,1H3.